The molecule has 0 atom stereocenters. The van der Waals surface area contributed by atoms with Gasteiger partial charge in [0.2, 0.25) is 0 Å². The molecule has 1 N–H and O–H groups in total. The third-order valence-corrected chi connectivity index (χ3v) is 2.99. The number of ether oxygens (including phenoxy) is 1. The van der Waals surface area contributed by atoms with E-state index < -0.39 is 5.82 Å². The smallest absolute Gasteiger partial charge is 0.255 e. The highest BCUT2D eigenvalue weighted by atomic mass is 35.5. The van der Waals surface area contributed by atoms with Crippen molar-refractivity contribution in [3.8, 4) is 0 Å². The van der Waals surface area contributed by atoms with E-state index in [2.05, 4.69) is 5.32 Å². The van der Waals surface area contributed by atoms with Crippen molar-refractivity contribution < 1.29 is 13.9 Å². The fraction of sp³-hybridized carbons (Fsp3) is 0.133. The van der Waals surface area contributed by atoms with Crippen LogP contribution in [0.15, 0.2) is 42.5 Å². The van der Waals surface area contributed by atoms with E-state index in [1.165, 1.54) is 12.1 Å². The number of benzene rings is 2. The molecule has 0 aliphatic rings. The Kier molecular flexibility index (Phi) is 4.71. The minimum Gasteiger partial charge on any atom is -0.380 e. The predicted octanol–water partition coefficient (Wildman–Crippen LogP) is 3.88. The van der Waals surface area contributed by atoms with E-state index in [9.17, 15) is 9.18 Å². The molecule has 1 amide bonds. The van der Waals surface area contributed by atoms with Gasteiger partial charge in [0, 0.05) is 12.7 Å². The molecule has 0 unspecified atom stereocenters. The lowest BCUT2D eigenvalue weighted by Gasteiger charge is -2.08. The molecule has 0 saturated carbocycles. The van der Waals surface area contributed by atoms with Crippen molar-refractivity contribution in [3.05, 3.63) is 64.4 Å². The topological polar surface area (TPSA) is 38.3 Å². The number of nitrogens with one attached hydrogen (secondary N) is 1. The number of anilines is 1. The van der Waals surface area contributed by atoms with Crippen LogP contribution in [0.2, 0.25) is 5.02 Å². The molecule has 0 fully saturated rings. The van der Waals surface area contributed by atoms with Crippen molar-refractivity contribution in [2.24, 2.45) is 0 Å². The second-order valence-electron chi connectivity index (χ2n) is 4.21. The lowest BCUT2D eigenvalue weighted by Crippen LogP contribution is -2.12. The van der Waals surface area contributed by atoms with Crippen LogP contribution in [0, 0.1) is 5.82 Å². The van der Waals surface area contributed by atoms with Crippen LogP contribution < -0.4 is 5.32 Å². The summed E-state index contributed by atoms with van der Waals surface area (Å²) in [4.78, 5) is 12.1. The predicted molar refractivity (Wildman–Crippen MR) is 76.5 cm³/mol. The number of hydrogen-bond acceptors (Lipinski definition) is 2. The summed E-state index contributed by atoms with van der Waals surface area (Å²) in [5.41, 5.74) is 1.75. The molecule has 20 heavy (non-hydrogen) atoms. The molecule has 2 aromatic rings. The van der Waals surface area contributed by atoms with Gasteiger partial charge in [-0.1, -0.05) is 23.7 Å². The molecule has 2 rings (SSSR count). The molecule has 0 heterocycles. The Bertz CT molecular complexity index is 631. The molecular formula is C15H13ClFNO2. The second kappa shape index (κ2) is 6.50. The van der Waals surface area contributed by atoms with Crippen LogP contribution in [0.4, 0.5) is 10.1 Å². The highest BCUT2D eigenvalue weighted by molar-refractivity contribution is 6.33. The summed E-state index contributed by atoms with van der Waals surface area (Å²) in [6.07, 6.45) is 0. The number of methoxy groups -OCH3 is 1. The van der Waals surface area contributed by atoms with Gasteiger partial charge in [0.25, 0.3) is 5.91 Å². The maximum Gasteiger partial charge on any atom is 0.255 e. The van der Waals surface area contributed by atoms with Crippen LogP contribution in [0.3, 0.4) is 0 Å². The van der Waals surface area contributed by atoms with E-state index in [4.69, 9.17) is 16.3 Å². The molecule has 0 saturated heterocycles. The second-order valence-corrected chi connectivity index (χ2v) is 4.62. The largest absolute Gasteiger partial charge is 0.380 e. The maximum atomic E-state index is 12.9. The Morgan fingerprint density at radius 1 is 1.30 bits per heavy atom. The monoisotopic (exact) mass is 293 g/mol. The van der Waals surface area contributed by atoms with Gasteiger partial charge in [-0.05, 0) is 35.9 Å². The van der Waals surface area contributed by atoms with Gasteiger partial charge >= 0.3 is 0 Å². The number of amides is 1. The molecule has 0 aromatic heterocycles. The summed E-state index contributed by atoms with van der Waals surface area (Å²) in [5, 5.41) is 2.80. The molecular weight excluding hydrogens is 281 g/mol. The Hall–Kier alpha value is -1.91. The molecule has 104 valence electrons. The fourth-order valence-corrected chi connectivity index (χ4v) is 1.97. The Morgan fingerprint density at radius 2 is 2.10 bits per heavy atom. The minimum atomic E-state index is -0.449. The highest BCUT2D eigenvalue weighted by Crippen LogP contribution is 2.23. The first kappa shape index (κ1) is 14.5. The van der Waals surface area contributed by atoms with E-state index in [-0.39, 0.29) is 10.9 Å². The Balaban J connectivity index is 2.17. The summed E-state index contributed by atoms with van der Waals surface area (Å²) >= 11 is 5.87. The van der Waals surface area contributed by atoms with Gasteiger partial charge in [-0.25, -0.2) is 4.39 Å². The van der Waals surface area contributed by atoms with Crippen molar-refractivity contribution in [1.29, 1.82) is 0 Å². The average molecular weight is 294 g/mol. The number of rotatable bonds is 4. The van der Waals surface area contributed by atoms with Crippen molar-refractivity contribution in [1.82, 2.24) is 0 Å². The number of carbonyl (C=O) groups excluding carboxylic acids is 1. The number of carbonyl (C=O) groups is 1. The van der Waals surface area contributed by atoms with Gasteiger partial charge in [0.15, 0.2) is 0 Å². The third-order valence-electron chi connectivity index (χ3n) is 2.68. The lowest BCUT2D eigenvalue weighted by molar-refractivity contribution is 0.102. The summed E-state index contributed by atoms with van der Waals surface area (Å²) < 4.78 is 18.0. The van der Waals surface area contributed by atoms with Crippen molar-refractivity contribution in [2.45, 2.75) is 6.61 Å². The third kappa shape index (κ3) is 3.56. The zero-order valence-corrected chi connectivity index (χ0v) is 11.6. The van der Waals surface area contributed by atoms with E-state index in [1.807, 2.05) is 6.07 Å². The van der Waals surface area contributed by atoms with Crippen LogP contribution in [-0.4, -0.2) is 13.0 Å². The van der Waals surface area contributed by atoms with Gasteiger partial charge in [-0.3, -0.25) is 4.79 Å². The summed E-state index contributed by atoms with van der Waals surface area (Å²) in [6.45, 7) is 0.429. The van der Waals surface area contributed by atoms with E-state index in [0.717, 1.165) is 11.6 Å². The average Bonchev–Trinajstić information content (AvgIpc) is 2.42. The van der Waals surface area contributed by atoms with Gasteiger partial charge in [-0.15, -0.1) is 0 Å². The lowest BCUT2D eigenvalue weighted by atomic mass is 10.1. The van der Waals surface area contributed by atoms with Gasteiger partial charge in [0.1, 0.15) is 5.82 Å². The van der Waals surface area contributed by atoms with Gasteiger partial charge in [-0.2, -0.15) is 0 Å². The normalized spacial score (nSPS) is 10.3. The molecule has 5 heteroatoms. The van der Waals surface area contributed by atoms with E-state index in [0.29, 0.717) is 17.9 Å². The van der Waals surface area contributed by atoms with Crippen LogP contribution in [-0.2, 0) is 11.3 Å². The van der Waals surface area contributed by atoms with E-state index in [1.54, 1.807) is 25.3 Å². The highest BCUT2D eigenvalue weighted by Gasteiger charge is 2.09. The molecule has 3 nitrogen and oxygen atoms in total. The zero-order chi connectivity index (χ0) is 14.5. The Labute approximate surface area is 121 Å². The fourth-order valence-electron chi connectivity index (χ4n) is 1.75. The first-order valence-corrected chi connectivity index (χ1v) is 6.32. The number of hydrogen-bond donors (Lipinski definition) is 1. The Morgan fingerprint density at radius 3 is 2.80 bits per heavy atom. The molecule has 0 bridgehead atoms. The molecule has 0 aliphatic carbocycles. The van der Waals surface area contributed by atoms with Crippen molar-refractivity contribution in [3.63, 3.8) is 0 Å². The summed E-state index contributed by atoms with van der Waals surface area (Å²) in [5.74, 6) is -0.758. The van der Waals surface area contributed by atoms with Gasteiger partial charge < -0.3 is 10.1 Å². The SMILES string of the molecule is COCc1cccc(C(=O)Nc2ccc(F)cc2Cl)c1. The molecule has 0 aliphatic heterocycles. The summed E-state index contributed by atoms with van der Waals surface area (Å²) in [7, 11) is 1.59. The zero-order valence-electron chi connectivity index (χ0n) is 10.8. The van der Waals surface area contributed by atoms with Crippen LogP contribution in [0.1, 0.15) is 15.9 Å². The van der Waals surface area contributed by atoms with Crippen LogP contribution in [0.25, 0.3) is 0 Å². The van der Waals surface area contributed by atoms with E-state index >= 15 is 0 Å². The maximum absolute atomic E-state index is 12.9. The molecule has 0 radical (unpaired) electrons. The summed E-state index contributed by atoms with van der Waals surface area (Å²) in [6, 6.07) is 10.9. The number of halogens is 2. The minimum absolute atomic E-state index is 0.159. The van der Waals surface area contributed by atoms with Crippen molar-refractivity contribution in [2.75, 3.05) is 12.4 Å². The van der Waals surface area contributed by atoms with Gasteiger partial charge in [0.05, 0.1) is 17.3 Å². The quantitative estimate of drug-likeness (QED) is 0.929. The van der Waals surface area contributed by atoms with Crippen LogP contribution >= 0.6 is 11.6 Å². The standard InChI is InChI=1S/C15H13ClFNO2/c1-20-9-10-3-2-4-11(7-10)15(19)18-14-6-5-12(17)8-13(14)16/h2-8H,9H2,1H3,(H,18,19). The van der Waals surface area contributed by atoms with Crippen LogP contribution in [0.5, 0.6) is 0 Å². The van der Waals surface area contributed by atoms with Crippen molar-refractivity contribution >= 4 is 23.2 Å². The first-order chi connectivity index (χ1) is 9.60. The molecule has 2 aromatic carbocycles. The molecule has 0 spiro atoms. The first-order valence-electron chi connectivity index (χ1n) is 5.94.